The monoisotopic (exact) mass is 179 g/mol. The van der Waals surface area contributed by atoms with Crippen molar-refractivity contribution in [3.63, 3.8) is 0 Å². The van der Waals surface area contributed by atoms with E-state index in [0.717, 1.165) is 15.1 Å². The maximum atomic E-state index is 11.9. The summed E-state index contributed by atoms with van der Waals surface area (Å²) >= 11 is 4.12. The molecule has 0 saturated carbocycles. The lowest BCUT2D eigenvalue weighted by atomic mass is 10.7. The molecule has 0 saturated heterocycles. The SMILES string of the molecule is Fc1[c]cc(Br)s1. The maximum Gasteiger partial charge on any atom is 0.185 e. The zero-order chi connectivity index (χ0) is 5.28. The Morgan fingerprint density at radius 3 is 2.71 bits per heavy atom. The average Bonchev–Trinajstić information content (AvgIpc) is 1.87. The molecule has 1 aromatic heterocycles. The van der Waals surface area contributed by atoms with Gasteiger partial charge < -0.3 is 0 Å². The summed E-state index contributed by atoms with van der Waals surface area (Å²) in [5.74, 6) is 0. The molecule has 0 aliphatic rings. The summed E-state index contributed by atoms with van der Waals surface area (Å²) in [5, 5.41) is -0.271. The fourth-order valence-electron chi connectivity index (χ4n) is 0.258. The topological polar surface area (TPSA) is 0 Å². The van der Waals surface area contributed by atoms with Gasteiger partial charge in [-0.2, -0.15) is 4.39 Å². The number of halogens is 2. The van der Waals surface area contributed by atoms with Gasteiger partial charge in [-0.15, -0.1) is 0 Å². The van der Waals surface area contributed by atoms with Crippen LogP contribution in [0.2, 0.25) is 0 Å². The van der Waals surface area contributed by atoms with Crippen molar-refractivity contribution in [2.24, 2.45) is 0 Å². The van der Waals surface area contributed by atoms with Crippen molar-refractivity contribution in [3.8, 4) is 0 Å². The van der Waals surface area contributed by atoms with Gasteiger partial charge in [0.25, 0.3) is 0 Å². The highest BCUT2D eigenvalue weighted by Crippen LogP contribution is 2.18. The lowest BCUT2D eigenvalue weighted by Crippen LogP contribution is -1.45. The van der Waals surface area contributed by atoms with Crippen molar-refractivity contribution in [1.29, 1.82) is 0 Å². The smallest absolute Gasteiger partial charge is 0.185 e. The van der Waals surface area contributed by atoms with Gasteiger partial charge in [0.15, 0.2) is 5.13 Å². The molecule has 37 valence electrons. The van der Waals surface area contributed by atoms with Gasteiger partial charge >= 0.3 is 0 Å². The quantitative estimate of drug-likeness (QED) is 0.575. The molecule has 0 amide bonds. The highest BCUT2D eigenvalue weighted by molar-refractivity contribution is 9.11. The summed E-state index contributed by atoms with van der Waals surface area (Å²) in [5.41, 5.74) is 0. The summed E-state index contributed by atoms with van der Waals surface area (Å²) in [6.07, 6.45) is 0. The zero-order valence-electron chi connectivity index (χ0n) is 3.24. The van der Waals surface area contributed by atoms with Crippen LogP contribution >= 0.6 is 27.3 Å². The summed E-state index contributed by atoms with van der Waals surface area (Å²) in [7, 11) is 0. The molecule has 1 radical (unpaired) electrons. The molecule has 0 aliphatic heterocycles. The van der Waals surface area contributed by atoms with E-state index in [9.17, 15) is 4.39 Å². The molecule has 0 N–H and O–H groups in total. The summed E-state index contributed by atoms with van der Waals surface area (Å²) < 4.78 is 12.6. The van der Waals surface area contributed by atoms with Crippen LogP contribution in [0.3, 0.4) is 0 Å². The second kappa shape index (κ2) is 1.92. The van der Waals surface area contributed by atoms with E-state index in [1.807, 2.05) is 0 Å². The number of rotatable bonds is 0. The van der Waals surface area contributed by atoms with Crippen molar-refractivity contribution < 1.29 is 4.39 Å². The molecule has 0 aliphatic carbocycles. The Labute approximate surface area is 53.1 Å². The molecule has 1 rings (SSSR count). The molecule has 0 atom stereocenters. The van der Waals surface area contributed by atoms with E-state index >= 15 is 0 Å². The minimum atomic E-state index is -0.271. The van der Waals surface area contributed by atoms with E-state index in [0.29, 0.717) is 0 Å². The summed E-state index contributed by atoms with van der Waals surface area (Å²) in [6, 6.07) is 3.93. The molecule has 1 aromatic rings. The van der Waals surface area contributed by atoms with Crippen molar-refractivity contribution in [2.75, 3.05) is 0 Å². The van der Waals surface area contributed by atoms with Crippen LogP contribution in [0.1, 0.15) is 0 Å². The van der Waals surface area contributed by atoms with E-state index in [1.165, 1.54) is 0 Å². The molecule has 7 heavy (non-hydrogen) atoms. The number of thiophene rings is 1. The van der Waals surface area contributed by atoms with Gasteiger partial charge in [0.05, 0.1) is 3.79 Å². The van der Waals surface area contributed by atoms with Crippen molar-refractivity contribution in [3.05, 3.63) is 21.1 Å². The summed E-state index contributed by atoms with van der Waals surface area (Å²) in [6.45, 7) is 0. The first-order valence-electron chi connectivity index (χ1n) is 1.61. The zero-order valence-corrected chi connectivity index (χ0v) is 5.64. The molecule has 0 spiro atoms. The first kappa shape index (κ1) is 5.25. The van der Waals surface area contributed by atoms with E-state index in [4.69, 9.17) is 0 Å². The first-order valence-corrected chi connectivity index (χ1v) is 3.22. The lowest BCUT2D eigenvalue weighted by Gasteiger charge is -1.65. The number of hydrogen-bond acceptors (Lipinski definition) is 1. The highest BCUT2D eigenvalue weighted by atomic mass is 79.9. The molecule has 0 aromatic carbocycles. The van der Waals surface area contributed by atoms with Crippen LogP contribution in [0.15, 0.2) is 9.85 Å². The normalized spacial score (nSPS) is 9.43. The minimum Gasteiger partial charge on any atom is -0.194 e. The predicted molar refractivity (Wildman–Crippen MR) is 30.8 cm³/mol. The van der Waals surface area contributed by atoms with Crippen LogP contribution in [0.25, 0.3) is 0 Å². The molecular formula is C4HBrFS. The Balaban J connectivity index is 3.04. The van der Waals surface area contributed by atoms with Gasteiger partial charge in [0, 0.05) is 6.07 Å². The van der Waals surface area contributed by atoms with Gasteiger partial charge in [0.2, 0.25) is 0 Å². The third-order valence-corrected chi connectivity index (χ3v) is 1.81. The Kier molecular flexibility index (Phi) is 1.44. The molecule has 0 nitrogen and oxygen atoms in total. The van der Waals surface area contributed by atoms with Crippen LogP contribution in [0.4, 0.5) is 4.39 Å². The second-order valence-corrected chi connectivity index (χ2v) is 3.35. The minimum absolute atomic E-state index is 0.271. The van der Waals surface area contributed by atoms with Crippen molar-refractivity contribution in [2.45, 2.75) is 0 Å². The third-order valence-electron chi connectivity index (χ3n) is 0.486. The van der Waals surface area contributed by atoms with Gasteiger partial charge in [-0.3, -0.25) is 0 Å². The van der Waals surface area contributed by atoms with Gasteiger partial charge in [-0.05, 0) is 22.0 Å². The standard InChI is InChI=1S/C4HBrFS/c5-3-1-2-4(6)7-3/h1H. The second-order valence-electron chi connectivity index (χ2n) is 0.969. The molecule has 0 unspecified atom stereocenters. The fourth-order valence-corrected chi connectivity index (χ4v) is 1.21. The van der Waals surface area contributed by atoms with E-state index in [-0.39, 0.29) is 5.13 Å². The fraction of sp³-hybridized carbons (Fsp3) is 0. The molecule has 0 bridgehead atoms. The third kappa shape index (κ3) is 1.24. The van der Waals surface area contributed by atoms with Crippen LogP contribution in [-0.4, -0.2) is 0 Å². The van der Waals surface area contributed by atoms with Gasteiger partial charge in [-0.25, -0.2) is 0 Å². The Hall–Kier alpha value is 0.110. The lowest BCUT2D eigenvalue weighted by molar-refractivity contribution is 0.655. The molecular weight excluding hydrogens is 179 g/mol. The predicted octanol–water partition coefficient (Wildman–Crippen LogP) is 2.45. The average molecular weight is 180 g/mol. The van der Waals surface area contributed by atoms with Crippen molar-refractivity contribution in [1.82, 2.24) is 0 Å². The summed E-state index contributed by atoms with van der Waals surface area (Å²) in [4.78, 5) is 0. The van der Waals surface area contributed by atoms with Gasteiger partial charge in [-0.1, -0.05) is 11.3 Å². The highest BCUT2D eigenvalue weighted by Gasteiger charge is 1.91. The Morgan fingerprint density at radius 1 is 1.86 bits per heavy atom. The van der Waals surface area contributed by atoms with Crippen LogP contribution in [-0.2, 0) is 0 Å². The van der Waals surface area contributed by atoms with Crippen LogP contribution < -0.4 is 0 Å². The maximum absolute atomic E-state index is 11.9. The van der Waals surface area contributed by atoms with E-state index in [2.05, 4.69) is 22.0 Å². The molecule has 1 heterocycles. The van der Waals surface area contributed by atoms with Crippen LogP contribution in [0.5, 0.6) is 0 Å². The Morgan fingerprint density at radius 2 is 2.57 bits per heavy atom. The van der Waals surface area contributed by atoms with Gasteiger partial charge in [0.1, 0.15) is 0 Å². The van der Waals surface area contributed by atoms with Crippen LogP contribution in [0, 0.1) is 11.2 Å². The molecule has 0 fully saturated rings. The van der Waals surface area contributed by atoms with Crippen molar-refractivity contribution >= 4 is 27.3 Å². The van der Waals surface area contributed by atoms with E-state index < -0.39 is 0 Å². The van der Waals surface area contributed by atoms with E-state index in [1.54, 1.807) is 6.07 Å². The number of hydrogen-bond donors (Lipinski definition) is 0. The Bertz CT molecular complexity index is 144. The molecule has 3 heteroatoms. The first-order chi connectivity index (χ1) is 3.29. The largest absolute Gasteiger partial charge is 0.194 e.